The standard InChI is InChI=1S/C59H101NO10/c1-4-7-10-13-16-19-22-25-26-27-28-29-32-35-38-41-44-47-54(64)70-57-56(66)55(65)53(48-61)69-59(57)68-49-50(51(62)45-42-39-36-33-30-23-20-17-14-11-8-5-2)60-58(67)52(63)46-43-40-37-34-31-24-21-18-15-12-9-6-3/h7,10,13,16,19,22,25-29,32,42,45,50-53,55-57,59,61-63,65-66H,4-6,8-9,11-12,14-15,17-18,20-21,23-24,30-31,33-41,43-44,46-49H2,1-3H3,(H,60,67)/b10-7-,16-13+,22-19+,26-25-,28-27+,32-29+,45-42+. The monoisotopic (exact) mass is 984 g/mol. The van der Waals surface area contributed by atoms with Gasteiger partial charge in [-0.2, -0.15) is 0 Å². The molecule has 0 aromatic carbocycles. The van der Waals surface area contributed by atoms with E-state index >= 15 is 0 Å². The number of allylic oxidation sites excluding steroid dienone is 13. The fraction of sp³-hybridized carbons (Fsp3) is 0.729. The summed E-state index contributed by atoms with van der Waals surface area (Å²) in [5.74, 6) is -1.24. The number of hydrogen-bond donors (Lipinski definition) is 6. The van der Waals surface area contributed by atoms with Crippen molar-refractivity contribution in [1.82, 2.24) is 5.32 Å². The smallest absolute Gasteiger partial charge is 0.306 e. The highest BCUT2D eigenvalue weighted by molar-refractivity contribution is 5.80. The SMILES string of the molecule is CC\C=C/C=C/C=C/C=C\C=C\C=C\CCCCCC(=O)OC1C(OCC(NC(=O)C(O)CCCCCCCCCCCCCC)C(O)/C=C/CCCCCCCCCCCC)OC(CO)C(O)C1O. The maximum atomic E-state index is 13.3. The lowest BCUT2D eigenvalue weighted by atomic mass is 9.99. The van der Waals surface area contributed by atoms with E-state index in [2.05, 4.69) is 38.2 Å². The Morgan fingerprint density at radius 1 is 0.571 bits per heavy atom. The van der Waals surface area contributed by atoms with Crippen molar-refractivity contribution in [3.63, 3.8) is 0 Å². The maximum absolute atomic E-state index is 13.3. The van der Waals surface area contributed by atoms with Crippen LogP contribution in [0, 0.1) is 0 Å². The van der Waals surface area contributed by atoms with Gasteiger partial charge in [0.1, 0.15) is 24.4 Å². The van der Waals surface area contributed by atoms with E-state index in [-0.39, 0.29) is 19.4 Å². The second kappa shape index (κ2) is 46.9. The topological polar surface area (TPSA) is 175 Å². The fourth-order valence-electron chi connectivity index (χ4n) is 8.27. The molecule has 1 heterocycles. The van der Waals surface area contributed by atoms with Gasteiger partial charge in [0.15, 0.2) is 12.4 Å². The van der Waals surface area contributed by atoms with Crippen LogP contribution in [-0.2, 0) is 23.8 Å². The van der Waals surface area contributed by atoms with Gasteiger partial charge in [-0.15, -0.1) is 0 Å². The van der Waals surface area contributed by atoms with Crippen molar-refractivity contribution >= 4 is 11.9 Å². The van der Waals surface area contributed by atoms with Crippen molar-refractivity contribution in [3.05, 3.63) is 85.1 Å². The molecular weight excluding hydrogens is 883 g/mol. The lowest BCUT2D eigenvalue weighted by molar-refractivity contribution is -0.305. The Labute approximate surface area is 425 Å². The summed E-state index contributed by atoms with van der Waals surface area (Å²) in [6.07, 6.45) is 49.1. The third-order valence-corrected chi connectivity index (χ3v) is 12.7. The number of rotatable bonds is 45. The van der Waals surface area contributed by atoms with Crippen LogP contribution in [-0.4, -0.2) is 99.6 Å². The molecule has 1 aliphatic heterocycles. The molecule has 1 aliphatic rings. The van der Waals surface area contributed by atoms with Gasteiger partial charge in [0.05, 0.1) is 25.4 Å². The summed E-state index contributed by atoms with van der Waals surface area (Å²) in [4.78, 5) is 26.4. The predicted molar refractivity (Wildman–Crippen MR) is 287 cm³/mol. The van der Waals surface area contributed by atoms with Crippen LogP contribution in [0.3, 0.4) is 0 Å². The molecule has 0 radical (unpaired) electrons. The van der Waals surface area contributed by atoms with E-state index < -0.39 is 67.4 Å². The second-order valence-corrected chi connectivity index (χ2v) is 19.1. The van der Waals surface area contributed by atoms with Crippen LogP contribution in [0.4, 0.5) is 0 Å². The third kappa shape index (κ3) is 35.0. The first kappa shape index (κ1) is 64.9. The summed E-state index contributed by atoms with van der Waals surface area (Å²) in [6, 6.07) is -1.03. The number of nitrogens with one attached hydrogen (secondary N) is 1. The number of carbonyl (C=O) groups is 2. The number of carbonyl (C=O) groups excluding carboxylic acids is 2. The van der Waals surface area contributed by atoms with Crippen molar-refractivity contribution in [2.75, 3.05) is 13.2 Å². The normalized spacial score (nSPS) is 20.4. The van der Waals surface area contributed by atoms with Gasteiger partial charge in [-0.3, -0.25) is 9.59 Å². The number of aliphatic hydroxyl groups excluding tert-OH is 5. The molecule has 0 aromatic heterocycles. The average molecular weight is 984 g/mol. The molecule has 11 heteroatoms. The van der Waals surface area contributed by atoms with Crippen molar-refractivity contribution in [2.24, 2.45) is 0 Å². The number of esters is 1. The first-order chi connectivity index (χ1) is 34.2. The number of hydrogen-bond acceptors (Lipinski definition) is 10. The molecule has 70 heavy (non-hydrogen) atoms. The van der Waals surface area contributed by atoms with Crippen molar-refractivity contribution in [1.29, 1.82) is 0 Å². The summed E-state index contributed by atoms with van der Waals surface area (Å²) in [6.45, 7) is 5.59. The van der Waals surface area contributed by atoms with E-state index in [0.29, 0.717) is 12.8 Å². The van der Waals surface area contributed by atoms with E-state index in [1.807, 2.05) is 66.8 Å². The zero-order valence-corrected chi connectivity index (χ0v) is 44.1. The highest BCUT2D eigenvalue weighted by atomic mass is 16.7. The fourth-order valence-corrected chi connectivity index (χ4v) is 8.27. The summed E-state index contributed by atoms with van der Waals surface area (Å²) in [5, 5.41) is 56.7. The Morgan fingerprint density at radius 2 is 1.03 bits per heavy atom. The molecule has 402 valence electrons. The molecular formula is C59H101NO10. The number of unbranched alkanes of at least 4 members (excludes halogenated alkanes) is 24. The molecule has 1 saturated heterocycles. The summed E-state index contributed by atoms with van der Waals surface area (Å²) >= 11 is 0. The molecule has 6 N–H and O–H groups in total. The Balaban J connectivity index is 2.78. The predicted octanol–water partition coefficient (Wildman–Crippen LogP) is 12.2. The largest absolute Gasteiger partial charge is 0.454 e. The molecule has 1 amide bonds. The van der Waals surface area contributed by atoms with Crippen LogP contribution in [0.5, 0.6) is 0 Å². The number of aliphatic hydroxyl groups is 5. The molecule has 0 aliphatic carbocycles. The van der Waals surface area contributed by atoms with Crippen molar-refractivity contribution in [3.8, 4) is 0 Å². The van der Waals surface area contributed by atoms with Crippen LogP contribution in [0.25, 0.3) is 0 Å². The average Bonchev–Trinajstić information content (AvgIpc) is 3.36. The Morgan fingerprint density at radius 3 is 1.54 bits per heavy atom. The van der Waals surface area contributed by atoms with Crippen molar-refractivity contribution < 1.29 is 49.3 Å². The molecule has 1 rings (SSSR count). The minimum Gasteiger partial charge on any atom is -0.454 e. The second-order valence-electron chi connectivity index (χ2n) is 19.1. The highest BCUT2D eigenvalue weighted by Crippen LogP contribution is 2.26. The molecule has 0 aromatic rings. The van der Waals surface area contributed by atoms with E-state index in [4.69, 9.17) is 14.2 Å². The van der Waals surface area contributed by atoms with Crippen LogP contribution in [0.15, 0.2) is 85.1 Å². The Kier molecular flexibility index (Phi) is 43.4. The van der Waals surface area contributed by atoms with E-state index in [0.717, 1.165) is 64.2 Å². The Hall–Kier alpha value is -3.16. The summed E-state index contributed by atoms with van der Waals surface area (Å²) < 4.78 is 17.5. The van der Waals surface area contributed by atoms with E-state index in [1.165, 1.54) is 103 Å². The van der Waals surface area contributed by atoms with Gasteiger partial charge >= 0.3 is 5.97 Å². The lowest BCUT2D eigenvalue weighted by Gasteiger charge is -2.41. The van der Waals surface area contributed by atoms with Crippen molar-refractivity contribution in [2.45, 2.75) is 262 Å². The van der Waals surface area contributed by atoms with Gasteiger partial charge in [-0.25, -0.2) is 0 Å². The van der Waals surface area contributed by atoms with Crippen LogP contribution >= 0.6 is 0 Å². The lowest BCUT2D eigenvalue weighted by Crippen LogP contribution is -2.61. The zero-order chi connectivity index (χ0) is 51.1. The van der Waals surface area contributed by atoms with Crippen LogP contribution in [0.2, 0.25) is 0 Å². The molecule has 0 bridgehead atoms. The minimum absolute atomic E-state index is 0.0692. The number of amides is 1. The molecule has 11 nitrogen and oxygen atoms in total. The van der Waals surface area contributed by atoms with Gasteiger partial charge in [-0.05, 0) is 44.9 Å². The summed E-state index contributed by atoms with van der Waals surface area (Å²) in [7, 11) is 0. The maximum Gasteiger partial charge on any atom is 0.306 e. The Bertz CT molecular complexity index is 1460. The number of ether oxygens (including phenoxy) is 3. The molecule has 8 unspecified atom stereocenters. The van der Waals surface area contributed by atoms with Gasteiger partial charge in [-0.1, -0.05) is 247 Å². The van der Waals surface area contributed by atoms with Gasteiger partial charge in [0, 0.05) is 6.42 Å². The van der Waals surface area contributed by atoms with Crippen LogP contribution in [0.1, 0.15) is 213 Å². The van der Waals surface area contributed by atoms with Gasteiger partial charge < -0.3 is 45.1 Å². The zero-order valence-electron chi connectivity index (χ0n) is 44.1. The van der Waals surface area contributed by atoms with Gasteiger partial charge in [0.2, 0.25) is 5.91 Å². The molecule has 0 spiro atoms. The molecule has 8 atom stereocenters. The highest BCUT2D eigenvalue weighted by Gasteiger charge is 2.47. The first-order valence-corrected chi connectivity index (χ1v) is 27.9. The quantitative estimate of drug-likeness (QED) is 0.0149. The summed E-state index contributed by atoms with van der Waals surface area (Å²) in [5.41, 5.74) is 0. The molecule has 1 fully saturated rings. The van der Waals surface area contributed by atoms with Crippen LogP contribution < -0.4 is 5.32 Å². The van der Waals surface area contributed by atoms with Gasteiger partial charge in [0.25, 0.3) is 0 Å². The van der Waals surface area contributed by atoms with E-state index in [9.17, 15) is 35.1 Å². The molecule has 0 saturated carbocycles. The minimum atomic E-state index is -1.63. The first-order valence-electron chi connectivity index (χ1n) is 27.9. The van der Waals surface area contributed by atoms with E-state index in [1.54, 1.807) is 6.08 Å². The third-order valence-electron chi connectivity index (χ3n) is 12.7.